The van der Waals surface area contributed by atoms with Gasteiger partial charge in [-0.2, -0.15) is 0 Å². The molecule has 2 fully saturated rings. The molecule has 40 heavy (non-hydrogen) atoms. The quantitative estimate of drug-likeness (QED) is 0.265. The molecule has 0 aromatic carbocycles. The number of esters is 1. The summed E-state index contributed by atoms with van der Waals surface area (Å²) in [6.45, 7) is 8.53. The van der Waals surface area contributed by atoms with Crippen LogP contribution in [-0.4, -0.2) is 94.7 Å². The van der Waals surface area contributed by atoms with Gasteiger partial charge in [0.05, 0.1) is 31.2 Å². The normalized spacial score (nSPS) is 35.0. The zero-order valence-corrected chi connectivity index (χ0v) is 24.2. The summed E-state index contributed by atoms with van der Waals surface area (Å²) in [5, 5.41) is 13.3. The summed E-state index contributed by atoms with van der Waals surface area (Å²) in [5.41, 5.74) is -1.38. The predicted molar refractivity (Wildman–Crippen MR) is 148 cm³/mol. The number of carbonyl (C=O) groups is 4. The molecule has 2 saturated heterocycles. The van der Waals surface area contributed by atoms with Crippen LogP contribution in [0.2, 0.25) is 0 Å². The summed E-state index contributed by atoms with van der Waals surface area (Å²) < 4.78 is 12.4. The number of amides is 3. The lowest BCUT2D eigenvalue weighted by atomic mass is 9.78. The molecule has 3 amide bonds. The predicted octanol–water partition coefficient (Wildman–Crippen LogP) is 1.96. The van der Waals surface area contributed by atoms with Crippen molar-refractivity contribution in [3.8, 4) is 0 Å². The fourth-order valence-corrected chi connectivity index (χ4v) is 6.57. The van der Waals surface area contributed by atoms with Gasteiger partial charge in [0.1, 0.15) is 23.7 Å². The molecule has 4 aliphatic rings. The molecule has 4 aliphatic heterocycles. The number of hydrogen-bond acceptors (Lipinski definition) is 7. The standard InChI is InChI=1S/C30H45N3O7/c1-5-7-10-15-32-16-11-14-30-25(27(36)33(26(30)28(32)37)21(18-34)19(3)6-2)24-22(40-30)12-8-9-13-23(35)31-17-20(4)39-29(24)38/h8,11-12,14,19-22,24-26,34H,5-7,9-10,13,15-18H2,1-4H3,(H,31,35)/b12-8-/t19-,20-,21-,22-,24+,25+,26-,30+/m0/s1. The molecule has 8 atom stereocenters. The second-order valence-corrected chi connectivity index (χ2v) is 11.6. The van der Waals surface area contributed by atoms with Crippen molar-refractivity contribution in [1.29, 1.82) is 0 Å². The number of nitrogens with zero attached hydrogens (tertiary/aromatic N) is 2. The molecule has 0 radical (unpaired) electrons. The van der Waals surface area contributed by atoms with Crippen molar-refractivity contribution >= 4 is 23.7 Å². The Labute approximate surface area is 237 Å². The zero-order chi connectivity index (χ0) is 29.0. The second-order valence-electron chi connectivity index (χ2n) is 11.6. The first-order valence-corrected chi connectivity index (χ1v) is 14.9. The van der Waals surface area contributed by atoms with E-state index in [-0.39, 0.29) is 43.2 Å². The van der Waals surface area contributed by atoms with Crippen molar-refractivity contribution in [3.63, 3.8) is 0 Å². The van der Waals surface area contributed by atoms with E-state index in [1.54, 1.807) is 24.0 Å². The molecule has 1 spiro atoms. The van der Waals surface area contributed by atoms with Gasteiger partial charge < -0.3 is 29.7 Å². The minimum atomic E-state index is -1.38. The SMILES string of the molecule is CCCCCN1CC=C[C@@]23O[C@H]4/C=C\CCC(=O)NC[C@H](C)OC(=O)[C@H]4[C@@H]2C(=O)N([C@@H](CO)[C@@H](C)CC)[C@H]3C1=O. The lowest BCUT2D eigenvalue weighted by Gasteiger charge is -2.40. The number of nitrogens with one attached hydrogen (secondary N) is 1. The van der Waals surface area contributed by atoms with Gasteiger partial charge in [0, 0.05) is 19.5 Å². The third-order valence-corrected chi connectivity index (χ3v) is 8.93. The first kappa shape index (κ1) is 30.2. The van der Waals surface area contributed by atoms with Gasteiger partial charge in [0.2, 0.25) is 17.7 Å². The summed E-state index contributed by atoms with van der Waals surface area (Å²) in [4.78, 5) is 57.9. The molecule has 0 unspecified atom stereocenters. The Hall–Kier alpha value is -2.72. The van der Waals surface area contributed by atoms with Gasteiger partial charge in [-0.25, -0.2) is 0 Å². The van der Waals surface area contributed by atoms with Crippen LogP contribution < -0.4 is 5.32 Å². The number of rotatable bonds is 8. The van der Waals surface area contributed by atoms with E-state index in [0.29, 0.717) is 25.9 Å². The number of allylic oxidation sites excluding steroid dienone is 1. The molecule has 4 rings (SSSR count). The molecule has 0 aliphatic carbocycles. The van der Waals surface area contributed by atoms with E-state index < -0.39 is 47.7 Å². The maximum absolute atomic E-state index is 14.4. The summed E-state index contributed by atoms with van der Waals surface area (Å²) >= 11 is 0. The minimum absolute atomic E-state index is 0.0824. The van der Waals surface area contributed by atoms with E-state index in [9.17, 15) is 24.3 Å². The maximum Gasteiger partial charge on any atom is 0.313 e. The Morgan fingerprint density at radius 2 is 1.93 bits per heavy atom. The van der Waals surface area contributed by atoms with E-state index in [2.05, 4.69) is 12.2 Å². The average molecular weight is 560 g/mol. The third-order valence-electron chi connectivity index (χ3n) is 8.93. The number of likely N-dealkylation sites (tertiary alicyclic amines) is 1. The van der Waals surface area contributed by atoms with Crippen LogP contribution in [0, 0.1) is 17.8 Å². The molecular weight excluding hydrogens is 514 g/mol. The average Bonchev–Trinajstić information content (AvgIpc) is 3.32. The highest BCUT2D eigenvalue weighted by molar-refractivity contribution is 5.99. The highest BCUT2D eigenvalue weighted by Crippen LogP contribution is 2.54. The smallest absolute Gasteiger partial charge is 0.313 e. The molecule has 10 heteroatoms. The van der Waals surface area contributed by atoms with Gasteiger partial charge in [-0.15, -0.1) is 0 Å². The number of hydrogen-bond donors (Lipinski definition) is 2. The Kier molecular flexibility index (Phi) is 9.72. The van der Waals surface area contributed by atoms with Crippen LogP contribution in [0.5, 0.6) is 0 Å². The number of aliphatic hydroxyl groups is 1. The Morgan fingerprint density at radius 1 is 1.15 bits per heavy atom. The fourth-order valence-electron chi connectivity index (χ4n) is 6.57. The Balaban J connectivity index is 1.80. The van der Waals surface area contributed by atoms with Gasteiger partial charge in [-0.05, 0) is 25.7 Å². The third kappa shape index (κ3) is 5.57. The lowest BCUT2D eigenvalue weighted by molar-refractivity contribution is -0.160. The van der Waals surface area contributed by atoms with Crippen molar-refractivity contribution in [3.05, 3.63) is 24.3 Å². The number of unbranched alkanes of at least 4 members (excludes halogenated alkanes) is 2. The van der Waals surface area contributed by atoms with E-state index >= 15 is 0 Å². The van der Waals surface area contributed by atoms with Crippen molar-refractivity contribution in [1.82, 2.24) is 15.1 Å². The van der Waals surface area contributed by atoms with Crippen molar-refractivity contribution < 1.29 is 33.8 Å². The number of cyclic esters (lactones) is 1. The fraction of sp³-hybridized carbons (Fsp3) is 0.733. The molecule has 10 nitrogen and oxygen atoms in total. The van der Waals surface area contributed by atoms with Crippen LogP contribution in [0.25, 0.3) is 0 Å². The monoisotopic (exact) mass is 559 g/mol. The van der Waals surface area contributed by atoms with Gasteiger partial charge in [0.15, 0.2) is 0 Å². The molecular formula is C30H45N3O7. The highest BCUT2D eigenvalue weighted by Gasteiger charge is 2.72. The Bertz CT molecular complexity index is 1030. The van der Waals surface area contributed by atoms with Crippen LogP contribution in [0.4, 0.5) is 0 Å². The topological polar surface area (TPSA) is 125 Å². The second kappa shape index (κ2) is 12.9. The zero-order valence-electron chi connectivity index (χ0n) is 24.2. The van der Waals surface area contributed by atoms with Crippen LogP contribution in [0.15, 0.2) is 24.3 Å². The Morgan fingerprint density at radius 3 is 2.62 bits per heavy atom. The molecule has 0 aromatic heterocycles. The summed E-state index contributed by atoms with van der Waals surface area (Å²) in [6, 6.07) is -1.62. The van der Waals surface area contributed by atoms with Crippen LogP contribution in [-0.2, 0) is 28.7 Å². The van der Waals surface area contributed by atoms with Crippen LogP contribution >= 0.6 is 0 Å². The van der Waals surface area contributed by atoms with E-state index in [4.69, 9.17) is 9.47 Å². The van der Waals surface area contributed by atoms with Crippen molar-refractivity contribution in [2.24, 2.45) is 17.8 Å². The van der Waals surface area contributed by atoms with E-state index in [1.807, 2.05) is 26.0 Å². The van der Waals surface area contributed by atoms with Gasteiger partial charge in [-0.3, -0.25) is 19.2 Å². The summed E-state index contributed by atoms with van der Waals surface area (Å²) in [5.74, 6) is -3.38. The molecule has 0 saturated carbocycles. The number of fused-ring (bicyclic) bond motifs is 2. The van der Waals surface area contributed by atoms with E-state index in [1.165, 1.54) is 4.90 Å². The molecule has 0 aromatic rings. The van der Waals surface area contributed by atoms with Crippen molar-refractivity contribution in [2.75, 3.05) is 26.2 Å². The maximum atomic E-state index is 14.4. The van der Waals surface area contributed by atoms with Gasteiger partial charge in [-0.1, -0.05) is 64.3 Å². The molecule has 0 bridgehead atoms. The lowest BCUT2D eigenvalue weighted by Crippen LogP contribution is -2.59. The molecule has 2 N–H and O–H groups in total. The van der Waals surface area contributed by atoms with Gasteiger partial charge >= 0.3 is 5.97 Å². The van der Waals surface area contributed by atoms with Gasteiger partial charge in [0.25, 0.3) is 0 Å². The van der Waals surface area contributed by atoms with E-state index in [0.717, 1.165) is 19.3 Å². The number of ether oxygens (including phenoxy) is 2. The minimum Gasteiger partial charge on any atom is -0.460 e. The highest BCUT2D eigenvalue weighted by atomic mass is 16.6. The van der Waals surface area contributed by atoms with Crippen LogP contribution in [0.1, 0.15) is 66.2 Å². The number of aliphatic hydroxyl groups excluding tert-OH is 1. The first-order valence-electron chi connectivity index (χ1n) is 14.9. The first-order chi connectivity index (χ1) is 19.2. The summed E-state index contributed by atoms with van der Waals surface area (Å²) in [6.07, 6.45) is 10.0. The molecule has 4 heterocycles. The van der Waals surface area contributed by atoms with Crippen molar-refractivity contribution in [2.45, 2.75) is 96.1 Å². The summed E-state index contributed by atoms with van der Waals surface area (Å²) in [7, 11) is 0. The largest absolute Gasteiger partial charge is 0.460 e. The van der Waals surface area contributed by atoms with Crippen LogP contribution in [0.3, 0.4) is 0 Å². The molecule has 222 valence electrons. The number of carbonyl (C=O) groups excluding carboxylic acids is 4.